The molecule has 5 heteroatoms. The molecule has 5 nitrogen and oxygen atoms in total. The zero-order chi connectivity index (χ0) is 18.6. The molecule has 0 saturated carbocycles. The number of fused-ring (bicyclic) bond motifs is 1. The summed E-state index contributed by atoms with van der Waals surface area (Å²) >= 11 is 0. The summed E-state index contributed by atoms with van der Waals surface area (Å²) in [5.41, 5.74) is 2.16. The Bertz CT molecular complexity index is 919. The van der Waals surface area contributed by atoms with E-state index in [1.54, 1.807) is 6.20 Å². The summed E-state index contributed by atoms with van der Waals surface area (Å²) in [6, 6.07) is 15.1. The van der Waals surface area contributed by atoms with E-state index >= 15 is 0 Å². The van der Waals surface area contributed by atoms with Crippen LogP contribution in [0.3, 0.4) is 0 Å². The number of benzene rings is 2. The average Bonchev–Trinajstić information content (AvgIpc) is 3.16. The third-order valence-corrected chi connectivity index (χ3v) is 5.46. The lowest BCUT2D eigenvalue weighted by Crippen LogP contribution is -2.37. The van der Waals surface area contributed by atoms with Crippen LogP contribution < -0.4 is 5.32 Å². The van der Waals surface area contributed by atoms with Crippen molar-refractivity contribution < 1.29 is 4.79 Å². The molecule has 4 rings (SSSR count). The molecule has 3 aromatic rings. The predicted molar refractivity (Wildman–Crippen MR) is 108 cm³/mol. The highest BCUT2D eigenvalue weighted by Gasteiger charge is 2.25. The molecule has 140 valence electrons. The topological polar surface area (TPSA) is 50.2 Å². The summed E-state index contributed by atoms with van der Waals surface area (Å²) in [7, 11) is 0. The first-order valence-corrected chi connectivity index (χ1v) is 9.75. The predicted octanol–water partition coefficient (Wildman–Crippen LogP) is 3.91. The van der Waals surface area contributed by atoms with Crippen molar-refractivity contribution in [2.75, 3.05) is 18.4 Å². The van der Waals surface area contributed by atoms with Crippen molar-refractivity contribution in [3.8, 4) is 0 Å². The first-order valence-electron chi connectivity index (χ1n) is 9.75. The number of aromatic nitrogens is 2. The minimum atomic E-state index is 0.0822. The fraction of sp³-hybridized carbons (Fsp3) is 0.364. The lowest BCUT2D eigenvalue weighted by Gasteiger charge is -2.31. The summed E-state index contributed by atoms with van der Waals surface area (Å²) in [5, 5.41) is 9.84. The maximum atomic E-state index is 12.5. The number of piperidine rings is 1. The normalized spacial score (nSPS) is 15.9. The van der Waals surface area contributed by atoms with Crippen molar-refractivity contribution >= 4 is 22.4 Å². The van der Waals surface area contributed by atoms with Crippen molar-refractivity contribution in [3.63, 3.8) is 0 Å². The summed E-state index contributed by atoms with van der Waals surface area (Å²) in [4.78, 5) is 15.0. The van der Waals surface area contributed by atoms with Crippen LogP contribution in [-0.2, 0) is 17.9 Å². The molecule has 1 aliphatic heterocycles. The van der Waals surface area contributed by atoms with Gasteiger partial charge in [0.25, 0.3) is 0 Å². The van der Waals surface area contributed by atoms with Gasteiger partial charge in [-0.15, -0.1) is 0 Å². The first-order chi connectivity index (χ1) is 13.2. The number of anilines is 1. The van der Waals surface area contributed by atoms with Crippen molar-refractivity contribution in [3.05, 3.63) is 60.4 Å². The number of hydrogen-bond acceptors (Lipinski definition) is 3. The minimum absolute atomic E-state index is 0.0822. The quantitative estimate of drug-likeness (QED) is 0.749. The minimum Gasteiger partial charge on any atom is -0.323 e. The first kappa shape index (κ1) is 17.7. The van der Waals surface area contributed by atoms with E-state index < -0.39 is 0 Å². The van der Waals surface area contributed by atoms with Gasteiger partial charge in [-0.3, -0.25) is 14.4 Å². The molecule has 1 aromatic heterocycles. The Morgan fingerprint density at radius 3 is 2.70 bits per heavy atom. The number of likely N-dealkylation sites (tertiary alicyclic amines) is 1. The van der Waals surface area contributed by atoms with Crippen molar-refractivity contribution in [2.45, 2.75) is 32.9 Å². The molecule has 0 atom stereocenters. The molecule has 0 unspecified atom stereocenters. The van der Waals surface area contributed by atoms with Crippen LogP contribution >= 0.6 is 0 Å². The fourth-order valence-electron chi connectivity index (χ4n) is 3.87. The molecular formula is C22H26N4O. The summed E-state index contributed by atoms with van der Waals surface area (Å²) in [5.74, 6) is 0.203. The van der Waals surface area contributed by atoms with Crippen LogP contribution in [0, 0.1) is 5.92 Å². The zero-order valence-electron chi connectivity index (χ0n) is 15.8. The van der Waals surface area contributed by atoms with Gasteiger partial charge in [0.05, 0.1) is 11.9 Å². The van der Waals surface area contributed by atoms with Gasteiger partial charge in [-0.1, -0.05) is 42.5 Å². The number of amides is 1. The number of carbonyl (C=O) groups excluding carboxylic acids is 1. The number of nitrogens with zero attached hydrogens (tertiary/aromatic N) is 3. The number of hydrogen-bond donors (Lipinski definition) is 1. The highest BCUT2D eigenvalue weighted by molar-refractivity contribution is 5.92. The van der Waals surface area contributed by atoms with E-state index in [1.807, 2.05) is 17.8 Å². The summed E-state index contributed by atoms with van der Waals surface area (Å²) in [6.07, 6.45) is 5.40. The Morgan fingerprint density at radius 1 is 1.15 bits per heavy atom. The van der Waals surface area contributed by atoms with Crippen molar-refractivity contribution in [1.29, 1.82) is 0 Å². The van der Waals surface area contributed by atoms with Gasteiger partial charge < -0.3 is 5.32 Å². The van der Waals surface area contributed by atoms with Gasteiger partial charge in [-0.2, -0.15) is 5.10 Å². The van der Waals surface area contributed by atoms with Gasteiger partial charge in [0.1, 0.15) is 0 Å². The molecule has 1 N–H and O–H groups in total. The van der Waals surface area contributed by atoms with Crippen LogP contribution in [0.15, 0.2) is 54.9 Å². The molecule has 0 bridgehead atoms. The molecule has 1 aliphatic rings. The average molecular weight is 362 g/mol. The van der Waals surface area contributed by atoms with Gasteiger partial charge in [-0.05, 0) is 49.2 Å². The monoisotopic (exact) mass is 362 g/mol. The molecule has 2 heterocycles. The highest BCUT2D eigenvalue weighted by atomic mass is 16.1. The Kier molecular flexibility index (Phi) is 5.21. The molecule has 1 saturated heterocycles. The Labute approximate surface area is 160 Å². The van der Waals surface area contributed by atoms with Crippen LogP contribution in [0.4, 0.5) is 5.69 Å². The second-order valence-electron chi connectivity index (χ2n) is 7.26. The van der Waals surface area contributed by atoms with Gasteiger partial charge >= 0.3 is 0 Å². The molecular weight excluding hydrogens is 336 g/mol. The summed E-state index contributed by atoms with van der Waals surface area (Å²) in [6.45, 7) is 5.69. The van der Waals surface area contributed by atoms with E-state index in [9.17, 15) is 4.79 Å². The van der Waals surface area contributed by atoms with E-state index in [-0.39, 0.29) is 11.8 Å². The standard InChI is InChI=1S/C22H26N4O/c1-2-26-16-20(14-23-26)24-22(27)18-10-12-25(13-11-18)15-19-8-5-7-17-6-3-4-9-21(17)19/h3-9,14,16,18H,2,10-13,15H2,1H3,(H,24,27). The highest BCUT2D eigenvalue weighted by Crippen LogP contribution is 2.24. The van der Waals surface area contributed by atoms with E-state index in [0.717, 1.165) is 44.7 Å². The number of nitrogens with one attached hydrogen (secondary N) is 1. The molecule has 1 fully saturated rings. The molecule has 0 radical (unpaired) electrons. The second-order valence-corrected chi connectivity index (χ2v) is 7.26. The van der Waals surface area contributed by atoms with Crippen LogP contribution in [0.5, 0.6) is 0 Å². The Balaban J connectivity index is 1.34. The Morgan fingerprint density at radius 2 is 1.93 bits per heavy atom. The van der Waals surface area contributed by atoms with Crippen molar-refractivity contribution in [2.24, 2.45) is 5.92 Å². The second kappa shape index (κ2) is 7.92. The number of carbonyl (C=O) groups is 1. The largest absolute Gasteiger partial charge is 0.323 e. The van der Waals surface area contributed by atoms with Crippen LogP contribution in [0.25, 0.3) is 10.8 Å². The van der Waals surface area contributed by atoms with Gasteiger partial charge in [-0.25, -0.2) is 0 Å². The molecule has 0 spiro atoms. The van der Waals surface area contributed by atoms with Crippen molar-refractivity contribution in [1.82, 2.24) is 14.7 Å². The maximum Gasteiger partial charge on any atom is 0.227 e. The van der Waals surface area contributed by atoms with Crippen LogP contribution in [0.2, 0.25) is 0 Å². The smallest absolute Gasteiger partial charge is 0.227 e. The number of rotatable bonds is 5. The van der Waals surface area contributed by atoms with E-state index in [0.29, 0.717) is 0 Å². The van der Waals surface area contributed by atoms with E-state index in [4.69, 9.17) is 0 Å². The van der Waals surface area contributed by atoms with Crippen LogP contribution in [0.1, 0.15) is 25.3 Å². The lowest BCUT2D eigenvalue weighted by molar-refractivity contribution is -0.121. The van der Waals surface area contributed by atoms with Crippen LogP contribution in [-0.4, -0.2) is 33.7 Å². The molecule has 27 heavy (non-hydrogen) atoms. The zero-order valence-corrected chi connectivity index (χ0v) is 15.8. The summed E-state index contributed by atoms with van der Waals surface area (Å²) < 4.78 is 1.82. The third kappa shape index (κ3) is 4.03. The molecule has 2 aromatic carbocycles. The fourth-order valence-corrected chi connectivity index (χ4v) is 3.87. The number of aryl methyl sites for hydroxylation is 1. The Hall–Kier alpha value is -2.66. The lowest BCUT2D eigenvalue weighted by atomic mass is 9.95. The van der Waals surface area contributed by atoms with E-state index in [1.165, 1.54) is 16.3 Å². The maximum absolute atomic E-state index is 12.5. The van der Waals surface area contributed by atoms with E-state index in [2.05, 4.69) is 57.8 Å². The van der Waals surface area contributed by atoms with Gasteiger partial charge in [0.15, 0.2) is 0 Å². The molecule has 1 amide bonds. The SMILES string of the molecule is CCn1cc(NC(=O)C2CCN(Cc3cccc4ccccc34)CC2)cn1. The van der Waals surface area contributed by atoms with Gasteiger partial charge in [0, 0.05) is 25.2 Å². The molecule has 0 aliphatic carbocycles. The van der Waals surface area contributed by atoms with Gasteiger partial charge in [0.2, 0.25) is 5.91 Å². The third-order valence-electron chi connectivity index (χ3n) is 5.46.